The van der Waals surface area contributed by atoms with E-state index in [9.17, 15) is 24.3 Å². The van der Waals surface area contributed by atoms with Crippen molar-refractivity contribution in [2.45, 2.75) is 65.1 Å². The summed E-state index contributed by atoms with van der Waals surface area (Å²) >= 11 is 0. The number of amides is 3. The van der Waals surface area contributed by atoms with Crippen molar-refractivity contribution in [3.63, 3.8) is 0 Å². The Hall–Kier alpha value is -4.67. The number of carboxylic acid groups (broad SMARTS) is 1. The van der Waals surface area contributed by atoms with E-state index in [0.29, 0.717) is 17.7 Å². The van der Waals surface area contributed by atoms with Crippen LogP contribution >= 0.6 is 0 Å². The Kier molecular flexibility index (Phi) is 9.54. The van der Waals surface area contributed by atoms with Gasteiger partial charge in [-0.25, -0.2) is 19.4 Å². The topological polar surface area (TPSA) is 155 Å². The molecule has 0 aromatic heterocycles. The van der Waals surface area contributed by atoms with Gasteiger partial charge in [0.15, 0.2) is 0 Å². The van der Waals surface area contributed by atoms with Gasteiger partial charge in [-0.15, -0.1) is 0 Å². The van der Waals surface area contributed by atoms with Crippen molar-refractivity contribution < 1.29 is 33.8 Å². The van der Waals surface area contributed by atoms with Crippen LogP contribution in [-0.2, 0) is 20.7 Å². The highest BCUT2D eigenvalue weighted by atomic mass is 16.6. The molecule has 4 N–H and O–H groups in total. The highest BCUT2D eigenvalue weighted by molar-refractivity contribution is 6.03. The molecule has 0 saturated carbocycles. The van der Waals surface area contributed by atoms with Gasteiger partial charge < -0.3 is 19.9 Å². The number of rotatable bonds is 5. The minimum atomic E-state index is -1.08. The Morgan fingerprint density at radius 3 is 2.12 bits per heavy atom. The average molecular weight is 565 g/mol. The molecule has 0 aliphatic heterocycles. The van der Waals surface area contributed by atoms with Crippen LogP contribution in [0.1, 0.15) is 74.5 Å². The standard InChI is InChI=1S/C30H36N4O7/c1-29(2,3)40-27(38)33-26(34-28(39)41-30(4,5)6)31-17-24(35)32-23-14-13-21(25(36)37)16-22(23)20-12-11-18-9-7-8-10-19(18)15-20/h7-14,16,20H,15,17H2,1-6H3,(H,32,35)(H,36,37)(H2,31,33,34,38,39). The predicted octanol–water partition coefficient (Wildman–Crippen LogP) is 5.08. The summed E-state index contributed by atoms with van der Waals surface area (Å²) in [5, 5.41) is 17.0. The number of benzene rings is 2. The van der Waals surface area contributed by atoms with Crippen molar-refractivity contribution in [2.75, 3.05) is 11.9 Å². The van der Waals surface area contributed by atoms with E-state index < -0.39 is 41.8 Å². The number of hydrogen-bond acceptors (Lipinski definition) is 7. The highest BCUT2D eigenvalue weighted by Crippen LogP contribution is 2.34. The maximum atomic E-state index is 13.0. The van der Waals surface area contributed by atoms with Gasteiger partial charge >= 0.3 is 18.2 Å². The van der Waals surface area contributed by atoms with E-state index in [1.807, 2.05) is 36.4 Å². The first kappa shape index (κ1) is 30.9. The summed E-state index contributed by atoms with van der Waals surface area (Å²) < 4.78 is 10.4. The first-order chi connectivity index (χ1) is 19.1. The number of hydrogen-bond donors (Lipinski definition) is 4. The number of guanidine groups is 1. The van der Waals surface area contributed by atoms with Gasteiger partial charge in [-0.3, -0.25) is 15.4 Å². The lowest BCUT2D eigenvalue weighted by atomic mass is 9.84. The number of ether oxygens (including phenoxy) is 2. The molecule has 0 saturated heterocycles. The van der Waals surface area contributed by atoms with E-state index in [-0.39, 0.29) is 17.4 Å². The van der Waals surface area contributed by atoms with Gasteiger partial charge in [0, 0.05) is 11.6 Å². The van der Waals surface area contributed by atoms with Gasteiger partial charge in [-0.1, -0.05) is 36.4 Å². The number of allylic oxidation sites excluding steroid dienone is 1. The number of fused-ring (bicyclic) bond motifs is 1. The molecule has 1 aliphatic carbocycles. The maximum absolute atomic E-state index is 13.0. The summed E-state index contributed by atoms with van der Waals surface area (Å²) in [6, 6.07) is 12.4. The fourth-order valence-electron chi connectivity index (χ4n) is 3.99. The Labute approximate surface area is 239 Å². The van der Waals surface area contributed by atoms with Crippen LogP contribution in [-0.4, -0.2) is 52.9 Å². The molecule has 0 spiro atoms. The fourth-order valence-corrected chi connectivity index (χ4v) is 3.99. The first-order valence-electron chi connectivity index (χ1n) is 13.1. The van der Waals surface area contributed by atoms with Gasteiger partial charge in [0.05, 0.1) is 5.56 Å². The molecule has 41 heavy (non-hydrogen) atoms. The largest absolute Gasteiger partial charge is 0.478 e. The zero-order valence-electron chi connectivity index (χ0n) is 24.0. The van der Waals surface area contributed by atoms with Gasteiger partial charge in [-0.05, 0) is 82.9 Å². The van der Waals surface area contributed by atoms with Crippen LogP contribution < -0.4 is 16.0 Å². The third-order valence-electron chi connectivity index (χ3n) is 5.59. The molecule has 0 radical (unpaired) electrons. The number of nitrogens with zero attached hydrogens (tertiary/aromatic N) is 1. The summed E-state index contributed by atoms with van der Waals surface area (Å²) in [5.41, 5.74) is 1.71. The summed E-state index contributed by atoms with van der Waals surface area (Å²) in [7, 11) is 0. The number of anilines is 1. The summed E-state index contributed by atoms with van der Waals surface area (Å²) in [5.74, 6) is -2.16. The Bertz CT molecular complexity index is 1350. The molecule has 1 unspecified atom stereocenters. The van der Waals surface area contributed by atoms with Gasteiger partial charge in [0.2, 0.25) is 11.9 Å². The lowest BCUT2D eigenvalue weighted by Gasteiger charge is -2.23. The number of aliphatic imine (C=N–C) groups is 1. The molecule has 3 rings (SSSR count). The molecule has 11 nitrogen and oxygen atoms in total. The second kappa shape index (κ2) is 12.7. The van der Waals surface area contributed by atoms with Gasteiger partial charge in [0.1, 0.15) is 17.7 Å². The van der Waals surface area contributed by atoms with Crippen molar-refractivity contribution in [3.05, 3.63) is 70.8 Å². The zero-order valence-corrected chi connectivity index (χ0v) is 24.0. The fraction of sp³-hybridized carbons (Fsp3) is 0.367. The molecular weight excluding hydrogens is 528 g/mol. The molecule has 2 aromatic carbocycles. The van der Waals surface area contributed by atoms with Crippen molar-refractivity contribution in [1.29, 1.82) is 0 Å². The van der Waals surface area contributed by atoms with Crippen LogP contribution in [0.5, 0.6) is 0 Å². The van der Waals surface area contributed by atoms with Gasteiger partial charge in [-0.2, -0.15) is 0 Å². The molecule has 1 aliphatic rings. The second-order valence-electron chi connectivity index (χ2n) is 11.4. The van der Waals surface area contributed by atoms with Crippen LogP contribution in [0.4, 0.5) is 15.3 Å². The summed E-state index contributed by atoms with van der Waals surface area (Å²) in [6.45, 7) is 9.55. The second-order valence-corrected chi connectivity index (χ2v) is 11.4. The normalized spacial score (nSPS) is 14.2. The molecule has 3 amide bonds. The number of aromatic carboxylic acids is 1. The lowest BCUT2D eigenvalue weighted by molar-refractivity contribution is -0.114. The number of nitrogens with one attached hydrogen (secondary N) is 3. The third kappa shape index (κ3) is 9.79. The van der Waals surface area contributed by atoms with Crippen LogP contribution in [0.25, 0.3) is 6.08 Å². The van der Waals surface area contributed by atoms with Crippen LogP contribution in [0, 0.1) is 0 Å². The summed E-state index contributed by atoms with van der Waals surface area (Å²) in [6.07, 6.45) is 2.81. The molecule has 218 valence electrons. The minimum absolute atomic E-state index is 0.0914. The van der Waals surface area contributed by atoms with E-state index in [0.717, 1.165) is 11.1 Å². The molecule has 0 heterocycles. The monoisotopic (exact) mass is 564 g/mol. The first-order valence-corrected chi connectivity index (χ1v) is 13.1. The van der Waals surface area contributed by atoms with Crippen molar-refractivity contribution in [1.82, 2.24) is 10.6 Å². The number of carbonyl (C=O) groups is 4. The molecule has 11 heteroatoms. The van der Waals surface area contributed by atoms with Crippen molar-refractivity contribution in [3.8, 4) is 0 Å². The number of carboxylic acids is 1. The minimum Gasteiger partial charge on any atom is -0.478 e. The van der Waals surface area contributed by atoms with Crippen LogP contribution in [0.15, 0.2) is 53.5 Å². The van der Waals surface area contributed by atoms with E-state index in [4.69, 9.17) is 9.47 Å². The van der Waals surface area contributed by atoms with Crippen LogP contribution in [0.3, 0.4) is 0 Å². The lowest BCUT2D eigenvalue weighted by Crippen LogP contribution is -2.47. The maximum Gasteiger partial charge on any atom is 0.414 e. The zero-order chi connectivity index (χ0) is 30.4. The summed E-state index contributed by atoms with van der Waals surface area (Å²) in [4.78, 5) is 53.3. The van der Waals surface area contributed by atoms with Crippen molar-refractivity contribution >= 4 is 41.8 Å². The Morgan fingerprint density at radius 1 is 0.927 bits per heavy atom. The molecule has 0 fully saturated rings. The average Bonchev–Trinajstić information content (AvgIpc) is 2.84. The molecule has 1 atom stereocenters. The van der Waals surface area contributed by atoms with E-state index in [2.05, 4.69) is 20.9 Å². The highest BCUT2D eigenvalue weighted by Gasteiger charge is 2.23. The Balaban J connectivity index is 1.81. The predicted molar refractivity (Wildman–Crippen MR) is 155 cm³/mol. The molecular formula is C30H36N4O7. The number of carbonyl (C=O) groups excluding carboxylic acids is 3. The SMILES string of the molecule is CC(C)(C)OC(=O)NC(=NCC(=O)Nc1ccc(C(=O)O)cc1C1C=Cc2ccccc2C1)NC(=O)OC(C)(C)C. The van der Waals surface area contributed by atoms with Gasteiger partial charge in [0.25, 0.3) is 0 Å². The van der Waals surface area contributed by atoms with E-state index in [1.54, 1.807) is 47.6 Å². The third-order valence-corrected chi connectivity index (χ3v) is 5.59. The molecule has 2 aromatic rings. The van der Waals surface area contributed by atoms with E-state index >= 15 is 0 Å². The molecule has 0 bridgehead atoms. The van der Waals surface area contributed by atoms with Crippen molar-refractivity contribution in [2.24, 2.45) is 4.99 Å². The van der Waals surface area contributed by atoms with Crippen LogP contribution in [0.2, 0.25) is 0 Å². The quantitative estimate of drug-likeness (QED) is 0.291. The smallest absolute Gasteiger partial charge is 0.414 e. The number of alkyl carbamates (subject to hydrolysis) is 2. The van der Waals surface area contributed by atoms with E-state index in [1.165, 1.54) is 12.1 Å². The Morgan fingerprint density at radius 2 is 1.54 bits per heavy atom.